The number of carbonyl (C=O) groups excluding carboxylic acids is 1. The molecule has 116 valence electrons. The van der Waals surface area contributed by atoms with Gasteiger partial charge in [-0.15, -0.1) is 0 Å². The molecule has 1 atom stereocenters. The van der Waals surface area contributed by atoms with Gasteiger partial charge in [-0.1, -0.05) is 23.2 Å². The number of nitrogens with zero attached hydrogens (tertiary/aromatic N) is 1. The van der Waals surface area contributed by atoms with Crippen molar-refractivity contribution in [3.05, 3.63) is 28.2 Å². The van der Waals surface area contributed by atoms with E-state index in [4.69, 9.17) is 28.9 Å². The first kappa shape index (κ1) is 16.6. The summed E-state index contributed by atoms with van der Waals surface area (Å²) < 4.78 is 0. The van der Waals surface area contributed by atoms with Crippen LogP contribution in [-0.2, 0) is 4.79 Å². The molecule has 1 aromatic rings. The lowest BCUT2D eigenvalue weighted by molar-refractivity contribution is -0.120. The lowest BCUT2D eigenvalue weighted by atomic mass is 10.1. The molecule has 6 heteroatoms. The van der Waals surface area contributed by atoms with Gasteiger partial charge in [-0.2, -0.15) is 0 Å². The first-order chi connectivity index (χ1) is 9.74. The van der Waals surface area contributed by atoms with Gasteiger partial charge in [0.15, 0.2) is 0 Å². The van der Waals surface area contributed by atoms with Gasteiger partial charge in [-0.25, -0.2) is 0 Å². The van der Waals surface area contributed by atoms with Gasteiger partial charge in [0.05, 0.1) is 6.04 Å². The minimum Gasteiger partial charge on any atom is -0.325 e. The van der Waals surface area contributed by atoms with Crippen LogP contribution in [0.2, 0.25) is 10.0 Å². The molecule has 0 bridgehead atoms. The molecular formula is C15H21Cl2N3O. The number of nitrogens with one attached hydrogen (secondary N) is 1. The van der Waals surface area contributed by atoms with Gasteiger partial charge in [0.25, 0.3) is 0 Å². The van der Waals surface area contributed by atoms with E-state index in [9.17, 15) is 4.79 Å². The first-order valence-corrected chi connectivity index (χ1v) is 7.80. The van der Waals surface area contributed by atoms with Gasteiger partial charge in [0.2, 0.25) is 5.91 Å². The third-order valence-corrected chi connectivity index (χ3v) is 3.84. The average molecular weight is 330 g/mol. The highest BCUT2D eigenvalue weighted by molar-refractivity contribution is 6.35. The second-order valence-corrected chi connectivity index (χ2v) is 7.14. The molecule has 0 radical (unpaired) electrons. The minimum atomic E-state index is -0.317. The molecule has 2 rings (SSSR count). The maximum atomic E-state index is 12.5. The van der Waals surface area contributed by atoms with Crippen LogP contribution in [0.1, 0.15) is 26.7 Å². The molecule has 21 heavy (non-hydrogen) atoms. The maximum absolute atomic E-state index is 12.5. The minimum absolute atomic E-state index is 0.0323. The van der Waals surface area contributed by atoms with Crippen LogP contribution in [0, 0.1) is 0 Å². The van der Waals surface area contributed by atoms with E-state index in [-0.39, 0.29) is 17.5 Å². The second kappa shape index (κ2) is 6.53. The molecule has 1 aliphatic heterocycles. The fourth-order valence-corrected chi connectivity index (χ4v) is 3.21. The van der Waals surface area contributed by atoms with E-state index < -0.39 is 0 Å². The van der Waals surface area contributed by atoms with Crippen molar-refractivity contribution in [2.45, 2.75) is 38.3 Å². The van der Waals surface area contributed by atoms with E-state index >= 15 is 0 Å². The van der Waals surface area contributed by atoms with Crippen molar-refractivity contribution in [3.63, 3.8) is 0 Å². The number of hydrogen-bond acceptors (Lipinski definition) is 3. The van der Waals surface area contributed by atoms with Gasteiger partial charge in [-0.05, 0) is 51.4 Å². The van der Waals surface area contributed by atoms with Crippen molar-refractivity contribution in [3.8, 4) is 0 Å². The summed E-state index contributed by atoms with van der Waals surface area (Å²) in [6, 6.07) is 4.87. The standard InChI is InChI=1S/C15H21Cl2N3O/c1-15(2,18)9-20-5-3-4-13(20)14(21)19-12-7-10(16)6-11(17)8-12/h6-8,13H,3-5,9,18H2,1-2H3,(H,19,21). The van der Waals surface area contributed by atoms with Crippen LogP contribution in [0.5, 0.6) is 0 Å². The summed E-state index contributed by atoms with van der Waals surface area (Å²) in [5.74, 6) is -0.0323. The average Bonchev–Trinajstić information content (AvgIpc) is 2.72. The van der Waals surface area contributed by atoms with Crippen molar-refractivity contribution in [1.29, 1.82) is 0 Å². The first-order valence-electron chi connectivity index (χ1n) is 7.04. The highest BCUT2D eigenvalue weighted by Gasteiger charge is 2.33. The Hall–Kier alpha value is -0.810. The van der Waals surface area contributed by atoms with Gasteiger partial charge in [-0.3, -0.25) is 9.69 Å². The third-order valence-electron chi connectivity index (χ3n) is 3.41. The highest BCUT2D eigenvalue weighted by Crippen LogP contribution is 2.25. The largest absolute Gasteiger partial charge is 0.325 e. The molecule has 1 amide bonds. The van der Waals surface area contributed by atoms with Gasteiger partial charge < -0.3 is 11.1 Å². The van der Waals surface area contributed by atoms with Crippen LogP contribution in [-0.4, -0.2) is 35.5 Å². The molecule has 1 aliphatic rings. The number of rotatable bonds is 4. The summed E-state index contributed by atoms with van der Waals surface area (Å²) in [5.41, 5.74) is 6.37. The third kappa shape index (κ3) is 4.85. The van der Waals surface area contributed by atoms with Crippen molar-refractivity contribution in [1.82, 2.24) is 4.90 Å². The van der Waals surface area contributed by atoms with E-state index in [1.165, 1.54) is 0 Å². The Morgan fingerprint density at radius 3 is 2.57 bits per heavy atom. The number of carbonyl (C=O) groups is 1. The summed E-state index contributed by atoms with van der Waals surface area (Å²) in [7, 11) is 0. The van der Waals surface area contributed by atoms with Crippen LogP contribution in [0.25, 0.3) is 0 Å². The molecule has 0 aromatic heterocycles. The van der Waals surface area contributed by atoms with Crippen LogP contribution in [0.15, 0.2) is 18.2 Å². The Labute approximate surface area is 135 Å². The van der Waals surface area contributed by atoms with E-state index in [1.54, 1.807) is 18.2 Å². The Morgan fingerprint density at radius 2 is 2.00 bits per heavy atom. The maximum Gasteiger partial charge on any atom is 0.241 e. The van der Waals surface area contributed by atoms with E-state index in [0.717, 1.165) is 19.4 Å². The normalized spacial score (nSPS) is 19.8. The van der Waals surface area contributed by atoms with Crippen LogP contribution in [0.3, 0.4) is 0 Å². The highest BCUT2D eigenvalue weighted by atomic mass is 35.5. The Balaban J connectivity index is 2.05. The Kier molecular flexibility index (Phi) is 5.15. The predicted octanol–water partition coefficient (Wildman–Crippen LogP) is 3.13. The van der Waals surface area contributed by atoms with E-state index in [0.29, 0.717) is 22.3 Å². The number of anilines is 1. The van der Waals surface area contributed by atoms with Crippen LogP contribution < -0.4 is 11.1 Å². The topological polar surface area (TPSA) is 58.4 Å². The summed E-state index contributed by atoms with van der Waals surface area (Å²) >= 11 is 11.9. The summed E-state index contributed by atoms with van der Waals surface area (Å²) in [4.78, 5) is 14.6. The summed E-state index contributed by atoms with van der Waals surface area (Å²) in [6.45, 7) is 5.53. The predicted molar refractivity (Wildman–Crippen MR) is 88.0 cm³/mol. The van der Waals surface area contributed by atoms with Crippen LogP contribution >= 0.6 is 23.2 Å². The molecule has 4 nitrogen and oxygen atoms in total. The van der Waals surface area contributed by atoms with Crippen molar-refractivity contribution < 1.29 is 4.79 Å². The number of benzene rings is 1. The number of likely N-dealkylation sites (tertiary alicyclic amines) is 1. The fourth-order valence-electron chi connectivity index (χ4n) is 2.69. The lowest BCUT2D eigenvalue weighted by Crippen LogP contribution is -2.50. The van der Waals surface area contributed by atoms with Crippen molar-refractivity contribution >= 4 is 34.8 Å². The molecule has 3 N–H and O–H groups in total. The van der Waals surface area contributed by atoms with E-state index in [2.05, 4.69) is 10.2 Å². The van der Waals surface area contributed by atoms with Gasteiger partial charge >= 0.3 is 0 Å². The smallest absolute Gasteiger partial charge is 0.241 e. The zero-order valence-electron chi connectivity index (χ0n) is 12.3. The fraction of sp³-hybridized carbons (Fsp3) is 0.533. The number of nitrogens with two attached hydrogens (primary N) is 1. The van der Waals surface area contributed by atoms with Crippen LogP contribution in [0.4, 0.5) is 5.69 Å². The molecule has 1 aromatic carbocycles. The quantitative estimate of drug-likeness (QED) is 0.892. The molecular weight excluding hydrogens is 309 g/mol. The Morgan fingerprint density at radius 1 is 1.38 bits per heavy atom. The molecule has 1 unspecified atom stereocenters. The van der Waals surface area contributed by atoms with Gasteiger partial charge in [0.1, 0.15) is 0 Å². The Bertz CT molecular complexity index is 508. The molecule has 0 spiro atoms. The number of amides is 1. The summed E-state index contributed by atoms with van der Waals surface area (Å²) in [6.07, 6.45) is 1.85. The molecule has 1 heterocycles. The van der Waals surface area contributed by atoms with Crippen molar-refractivity contribution in [2.24, 2.45) is 5.73 Å². The zero-order valence-corrected chi connectivity index (χ0v) is 13.8. The second-order valence-electron chi connectivity index (χ2n) is 6.26. The lowest BCUT2D eigenvalue weighted by Gasteiger charge is -2.30. The molecule has 0 saturated carbocycles. The molecule has 1 fully saturated rings. The summed E-state index contributed by atoms with van der Waals surface area (Å²) in [5, 5.41) is 3.90. The van der Waals surface area contributed by atoms with Gasteiger partial charge in [0, 0.05) is 27.8 Å². The van der Waals surface area contributed by atoms with E-state index in [1.807, 2.05) is 13.8 Å². The zero-order chi connectivity index (χ0) is 15.6. The molecule has 1 saturated heterocycles. The van der Waals surface area contributed by atoms with Crippen molar-refractivity contribution in [2.75, 3.05) is 18.4 Å². The number of halogens is 2. The monoisotopic (exact) mass is 329 g/mol. The molecule has 0 aliphatic carbocycles. The SMILES string of the molecule is CC(C)(N)CN1CCCC1C(=O)Nc1cc(Cl)cc(Cl)c1. The number of hydrogen-bond donors (Lipinski definition) is 2.